The summed E-state index contributed by atoms with van der Waals surface area (Å²) in [7, 11) is 1.40. The van der Waals surface area contributed by atoms with Gasteiger partial charge in [-0.1, -0.05) is 0 Å². The Balaban J connectivity index is 2.04. The molecule has 1 saturated heterocycles. The van der Waals surface area contributed by atoms with Gasteiger partial charge in [0.15, 0.2) is 5.69 Å². The van der Waals surface area contributed by atoms with Gasteiger partial charge in [0.25, 0.3) is 0 Å². The van der Waals surface area contributed by atoms with E-state index in [-0.39, 0.29) is 5.97 Å². The predicted octanol–water partition coefficient (Wildman–Crippen LogP) is 0.509. The Kier molecular flexibility index (Phi) is 3.33. The van der Waals surface area contributed by atoms with Crippen molar-refractivity contribution in [3.05, 3.63) is 17.0 Å². The number of fused-ring (bicyclic) bond motifs is 1. The van der Waals surface area contributed by atoms with Crippen molar-refractivity contribution < 1.29 is 9.53 Å². The zero-order chi connectivity index (χ0) is 13.2. The first-order valence-electron chi connectivity index (χ1n) is 6.73. The molecule has 19 heavy (non-hydrogen) atoms. The highest BCUT2D eigenvalue weighted by Crippen LogP contribution is 2.22. The highest BCUT2D eigenvalue weighted by molar-refractivity contribution is 5.89. The molecule has 0 aliphatic carbocycles. The van der Waals surface area contributed by atoms with E-state index in [0.717, 1.165) is 50.2 Å². The normalized spacial score (nSPS) is 18.3. The molecule has 1 aromatic heterocycles. The summed E-state index contributed by atoms with van der Waals surface area (Å²) in [6.45, 7) is 3.48. The van der Waals surface area contributed by atoms with Gasteiger partial charge >= 0.3 is 5.97 Å². The molecule has 3 rings (SSSR count). The number of ether oxygens (including phenoxy) is 1. The number of carbonyl (C=O) groups is 1. The number of aromatic nitrogens is 2. The number of hydrogen-bond donors (Lipinski definition) is 1. The standard InChI is InChI=1S/C13H18N4O2/c1-19-12(18)11-9-4-5-14-8-10(9)15-13(16-11)17-6-2-3-7-17/h14H,2-8H2,1H3. The zero-order valence-electron chi connectivity index (χ0n) is 11.1. The van der Waals surface area contributed by atoms with E-state index in [1.807, 2.05) is 0 Å². The van der Waals surface area contributed by atoms with Crippen LogP contribution in [-0.2, 0) is 17.7 Å². The van der Waals surface area contributed by atoms with Crippen LogP contribution in [0, 0.1) is 0 Å². The van der Waals surface area contributed by atoms with Crippen LogP contribution < -0.4 is 10.2 Å². The Morgan fingerprint density at radius 2 is 2.11 bits per heavy atom. The van der Waals surface area contributed by atoms with Crippen molar-refractivity contribution in [1.29, 1.82) is 0 Å². The Morgan fingerprint density at radius 1 is 1.32 bits per heavy atom. The molecule has 0 atom stereocenters. The van der Waals surface area contributed by atoms with Crippen LogP contribution in [0.5, 0.6) is 0 Å². The van der Waals surface area contributed by atoms with Crippen LogP contribution in [0.3, 0.4) is 0 Å². The SMILES string of the molecule is COC(=O)c1nc(N2CCCC2)nc2c1CCNC2. The smallest absolute Gasteiger partial charge is 0.357 e. The summed E-state index contributed by atoms with van der Waals surface area (Å²) < 4.78 is 4.85. The Labute approximate surface area is 112 Å². The van der Waals surface area contributed by atoms with E-state index in [2.05, 4.69) is 20.2 Å². The van der Waals surface area contributed by atoms with Gasteiger partial charge in [-0.05, 0) is 25.8 Å². The number of rotatable bonds is 2. The Bertz CT molecular complexity index is 498. The summed E-state index contributed by atoms with van der Waals surface area (Å²) in [5.74, 6) is 0.307. The third-order valence-corrected chi connectivity index (χ3v) is 3.69. The van der Waals surface area contributed by atoms with E-state index in [1.54, 1.807) is 0 Å². The topological polar surface area (TPSA) is 67.3 Å². The van der Waals surface area contributed by atoms with Gasteiger partial charge in [-0.3, -0.25) is 0 Å². The average Bonchev–Trinajstić information content (AvgIpc) is 2.99. The molecular formula is C13H18N4O2. The second kappa shape index (κ2) is 5.13. The van der Waals surface area contributed by atoms with Crippen molar-refractivity contribution in [3.8, 4) is 0 Å². The van der Waals surface area contributed by atoms with Crippen LogP contribution in [0.25, 0.3) is 0 Å². The van der Waals surface area contributed by atoms with Crippen molar-refractivity contribution in [2.24, 2.45) is 0 Å². The van der Waals surface area contributed by atoms with Crippen LogP contribution in [0.4, 0.5) is 5.95 Å². The van der Waals surface area contributed by atoms with Crippen molar-refractivity contribution in [2.45, 2.75) is 25.8 Å². The lowest BCUT2D eigenvalue weighted by atomic mass is 10.0. The lowest BCUT2D eigenvalue weighted by molar-refractivity contribution is 0.0592. The molecule has 0 spiro atoms. The number of anilines is 1. The summed E-state index contributed by atoms with van der Waals surface area (Å²) in [6.07, 6.45) is 3.10. The van der Waals surface area contributed by atoms with Gasteiger partial charge in [-0.2, -0.15) is 0 Å². The second-order valence-corrected chi connectivity index (χ2v) is 4.91. The molecule has 2 aliphatic heterocycles. The molecule has 0 radical (unpaired) electrons. The van der Waals surface area contributed by atoms with E-state index < -0.39 is 0 Å². The van der Waals surface area contributed by atoms with E-state index in [9.17, 15) is 4.79 Å². The summed E-state index contributed by atoms with van der Waals surface area (Å²) in [6, 6.07) is 0. The fourth-order valence-electron chi connectivity index (χ4n) is 2.67. The van der Waals surface area contributed by atoms with Gasteiger partial charge in [0, 0.05) is 25.2 Å². The van der Waals surface area contributed by atoms with Crippen molar-refractivity contribution in [3.63, 3.8) is 0 Å². The Morgan fingerprint density at radius 3 is 2.84 bits per heavy atom. The molecule has 6 heteroatoms. The van der Waals surface area contributed by atoms with Crippen LogP contribution in [0.15, 0.2) is 0 Å². The first-order valence-corrected chi connectivity index (χ1v) is 6.73. The minimum Gasteiger partial charge on any atom is -0.464 e. The van der Waals surface area contributed by atoms with Gasteiger partial charge < -0.3 is 15.0 Å². The Hall–Kier alpha value is -1.69. The minimum absolute atomic E-state index is 0.360. The molecule has 0 aromatic carbocycles. The van der Waals surface area contributed by atoms with Gasteiger partial charge in [-0.15, -0.1) is 0 Å². The molecule has 102 valence electrons. The molecule has 0 unspecified atom stereocenters. The van der Waals surface area contributed by atoms with Crippen LogP contribution in [0.1, 0.15) is 34.6 Å². The fraction of sp³-hybridized carbons (Fsp3) is 0.615. The van der Waals surface area contributed by atoms with Crippen molar-refractivity contribution in [2.75, 3.05) is 31.6 Å². The molecule has 1 aromatic rings. The van der Waals surface area contributed by atoms with Crippen LogP contribution in [-0.4, -0.2) is 42.7 Å². The molecular weight excluding hydrogens is 244 g/mol. The maximum Gasteiger partial charge on any atom is 0.357 e. The largest absolute Gasteiger partial charge is 0.464 e. The monoisotopic (exact) mass is 262 g/mol. The molecule has 3 heterocycles. The lowest BCUT2D eigenvalue weighted by Crippen LogP contribution is -2.30. The van der Waals surface area contributed by atoms with Crippen molar-refractivity contribution in [1.82, 2.24) is 15.3 Å². The predicted molar refractivity (Wildman–Crippen MR) is 70.2 cm³/mol. The fourth-order valence-corrected chi connectivity index (χ4v) is 2.67. The maximum atomic E-state index is 11.9. The zero-order valence-corrected chi connectivity index (χ0v) is 11.1. The quantitative estimate of drug-likeness (QED) is 0.783. The van der Waals surface area contributed by atoms with E-state index in [0.29, 0.717) is 18.2 Å². The number of nitrogens with one attached hydrogen (secondary N) is 1. The molecule has 6 nitrogen and oxygen atoms in total. The number of esters is 1. The summed E-state index contributed by atoms with van der Waals surface area (Å²) >= 11 is 0. The van der Waals surface area contributed by atoms with Gasteiger partial charge in [0.2, 0.25) is 5.95 Å². The van der Waals surface area contributed by atoms with Gasteiger partial charge in [0.1, 0.15) is 0 Å². The summed E-state index contributed by atoms with van der Waals surface area (Å²) in [5.41, 5.74) is 2.31. The third-order valence-electron chi connectivity index (χ3n) is 3.69. The van der Waals surface area contributed by atoms with E-state index >= 15 is 0 Å². The van der Waals surface area contributed by atoms with Crippen molar-refractivity contribution >= 4 is 11.9 Å². The maximum absolute atomic E-state index is 11.9. The van der Waals surface area contributed by atoms with Gasteiger partial charge in [0.05, 0.1) is 12.8 Å². The molecule has 0 amide bonds. The summed E-state index contributed by atoms with van der Waals surface area (Å²) in [4.78, 5) is 23.1. The molecule has 1 N–H and O–H groups in total. The van der Waals surface area contributed by atoms with Crippen LogP contribution >= 0.6 is 0 Å². The highest BCUT2D eigenvalue weighted by atomic mass is 16.5. The first-order chi connectivity index (χ1) is 9.29. The molecule has 0 saturated carbocycles. The number of hydrogen-bond acceptors (Lipinski definition) is 6. The molecule has 1 fully saturated rings. The molecule has 0 bridgehead atoms. The third kappa shape index (κ3) is 2.28. The second-order valence-electron chi connectivity index (χ2n) is 4.91. The highest BCUT2D eigenvalue weighted by Gasteiger charge is 2.25. The average molecular weight is 262 g/mol. The summed E-state index contributed by atoms with van der Waals surface area (Å²) in [5, 5.41) is 3.28. The molecule has 2 aliphatic rings. The number of nitrogens with zero attached hydrogens (tertiary/aromatic N) is 3. The first kappa shape index (κ1) is 12.3. The van der Waals surface area contributed by atoms with Crippen LogP contribution in [0.2, 0.25) is 0 Å². The minimum atomic E-state index is -0.360. The van der Waals surface area contributed by atoms with Gasteiger partial charge in [-0.25, -0.2) is 14.8 Å². The number of carbonyl (C=O) groups excluding carboxylic acids is 1. The van der Waals surface area contributed by atoms with E-state index in [1.165, 1.54) is 7.11 Å². The number of methoxy groups -OCH3 is 1. The van der Waals surface area contributed by atoms with E-state index in [4.69, 9.17) is 4.74 Å². The lowest BCUT2D eigenvalue weighted by Gasteiger charge is -2.22.